The highest BCUT2D eigenvalue weighted by Crippen LogP contribution is 2.30. The minimum absolute atomic E-state index is 0.0978. The normalized spacial score (nSPS) is 11.4. The molecule has 1 heterocycles. The van der Waals surface area contributed by atoms with E-state index in [1.54, 1.807) is 12.1 Å². The molecular formula is C16H10N2O2. The first-order valence-corrected chi connectivity index (χ1v) is 6.27. The number of nitrogens with zero attached hydrogens (tertiary/aromatic N) is 1. The zero-order valence-corrected chi connectivity index (χ0v) is 10.4. The van der Waals surface area contributed by atoms with Crippen LogP contribution in [0.1, 0.15) is 0 Å². The molecule has 4 heteroatoms. The molecule has 0 fully saturated rings. The first-order valence-electron chi connectivity index (χ1n) is 6.27. The SMILES string of the molecule is O=c1ccc2c(O)cc3[nH]c4ccccc4nc3c2c1. The second kappa shape index (κ2) is 3.81. The van der Waals surface area contributed by atoms with E-state index < -0.39 is 0 Å². The lowest BCUT2D eigenvalue weighted by Crippen LogP contribution is -1.96. The first-order chi connectivity index (χ1) is 9.72. The van der Waals surface area contributed by atoms with Crippen molar-refractivity contribution in [2.75, 3.05) is 0 Å². The molecule has 0 saturated carbocycles. The monoisotopic (exact) mass is 262 g/mol. The number of nitrogens with one attached hydrogen (secondary N) is 1. The number of hydrogen-bond donors (Lipinski definition) is 2. The van der Waals surface area contributed by atoms with Crippen LogP contribution >= 0.6 is 0 Å². The van der Waals surface area contributed by atoms with Gasteiger partial charge in [0.05, 0.1) is 22.1 Å². The molecule has 0 amide bonds. The average molecular weight is 262 g/mol. The molecule has 1 aromatic heterocycles. The molecule has 0 aliphatic rings. The van der Waals surface area contributed by atoms with Crippen LogP contribution in [0.5, 0.6) is 5.75 Å². The zero-order chi connectivity index (χ0) is 13.7. The number of aromatic nitrogens is 2. The fraction of sp³-hybridized carbons (Fsp3) is 0. The van der Waals surface area contributed by atoms with Crippen LogP contribution in [0.4, 0.5) is 0 Å². The van der Waals surface area contributed by atoms with Gasteiger partial charge in [0.2, 0.25) is 0 Å². The van der Waals surface area contributed by atoms with Crippen LogP contribution in [0.15, 0.2) is 53.3 Å². The van der Waals surface area contributed by atoms with Crippen molar-refractivity contribution in [2.45, 2.75) is 0 Å². The van der Waals surface area contributed by atoms with E-state index in [4.69, 9.17) is 0 Å². The maximum Gasteiger partial charge on any atom is 0.179 e. The number of H-pyrrole nitrogens is 1. The minimum atomic E-state index is -0.0978. The highest BCUT2D eigenvalue weighted by molar-refractivity contribution is 6.08. The Morgan fingerprint density at radius 2 is 1.80 bits per heavy atom. The standard InChI is InChI=1S/C16H10N2O2/c19-9-5-6-10-11(7-9)16-14(8-15(10)20)17-12-3-1-2-4-13(12)18-16/h1-8,17,20H. The van der Waals surface area contributed by atoms with Crippen LogP contribution in [-0.4, -0.2) is 15.1 Å². The van der Waals surface area contributed by atoms with E-state index in [1.165, 1.54) is 12.1 Å². The maximum atomic E-state index is 11.6. The summed E-state index contributed by atoms with van der Waals surface area (Å²) in [6.07, 6.45) is 0. The quantitative estimate of drug-likeness (QED) is 0.378. The maximum absolute atomic E-state index is 11.6. The number of phenolic OH excluding ortho intramolecular Hbond substituents is 1. The third-order valence-corrected chi connectivity index (χ3v) is 3.46. The second-order valence-electron chi connectivity index (χ2n) is 4.75. The fourth-order valence-electron chi connectivity index (χ4n) is 2.53. The molecule has 96 valence electrons. The summed E-state index contributed by atoms with van der Waals surface area (Å²) < 4.78 is 0. The van der Waals surface area contributed by atoms with E-state index in [2.05, 4.69) is 9.97 Å². The number of aromatic hydroxyl groups is 1. The van der Waals surface area contributed by atoms with E-state index in [0.29, 0.717) is 21.8 Å². The number of hydrogen-bond acceptors (Lipinski definition) is 3. The van der Waals surface area contributed by atoms with Gasteiger partial charge in [0.25, 0.3) is 0 Å². The van der Waals surface area contributed by atoms with Crippen molar-refractivity contribution in [3.63, 3.8) is 0 Å². The van der Waals surface area contributed by atoms with Crippen molar-refractivity contribution < 1.29 is 5.11 Å². The van der Waals surface area contributed by atoms with Crippen LogP contribution in [0, 0.1) is 0 Å². The van der Waals surface area contributed by atoms with Crippen LogP contribution in [-0.2, 0) is 0 Å². The molecule has 3 aromatic carbocycles. The van der Waals surface area contributed by atoms with Crippen molar-refractivity contribution in [3.8, 4) is 5.75 Å². The summed E-state index contributed by atoms with van der Waals surface area (Å²) >= 11 is 0. The minimum Gasteiger partial charge on any atom is -0.507 e. The molecule has 0 atom stereocenters. The van der Waals surface area contributed by atoms with Crippen LogP contribution in [0.2, 0.25) is 0 Å². The topological polar surface area (TPSA) is 66.0 Å². The lowest BCUT2D eigenvalue weighted by atomic mass is 10.1. The predicted molar refractivity (Wildman–Crippen MR) is 79.0 cm³/mol. The van der Waals surface area contributed by atoms with E-state index in [-0.39, 0.29) is 11.2 Å². The molecule has 0 aliphatic heterocycles. The molecular weight excluding hydrogens is 252 g/mol. The van der Waals surface area contributed by atoms with Gasteiger partial charge in [-0.1, -0.05) is 12.1 Å². The lowest BCUT2D eigenvalue weighted by molar-refractivity contribution is 0.482. The van der Waals surface area contributed by atoms with Crippen LogP contribution in [0.25, 0.3) is 32.8 Å². The van der Waals surface area contributed by atoms with Crippen LogP contribution < -0.4 is 5.43 Å². The van der Waals surface area contributed by atoms with E-state index >= 15 is 0 Å². The van der Waals surface area contributed by atoms with Gasteiger partial charge < -0.3 is 10.1 Å². The highest BCUT2D eigenvalue weighted by Gasteiger charge is 2.09. The third kappa shape index (κ3) is 1.48. The molecule has 2 N–H and O–H groups in total. The van der Waals surface area contributed by atoms with E-state index in [0.717, 1.165) is 11.0 Å². The molecule has 4 aromatic rings. The number of benzene rings is 3. The summed E-state index contributed by atoms with van der Waals surface area (Å²) in [7, 11) is 0. The van der Waals surface area contributed by atoms with Crippen molar-refractivity contribution in [1.29, 1.82) is 0 Å². The Kier molecular flexibility index (Phi) is 2.09. The van der Waals surface area contributed by atoms with E-state index in [1.807, 2.05) is 24.3 Å². The summed E-state index contributed by atoms with van der Waals surface area (Å²) in [6.45, 7) is 0. The molecule has 4 rings (SSSR count). The zero-order valence-electron chi connectivity index (χ0n) is 10.4. The van der Waals surface area contributed by atoms with Gasteiger partial charge in [0, 0.05) is 16.8 Å². The molecule has 0 bridgehead atoms. The van der Waals surface area contributed by atoms with Crippen molar-refractivity contribution in [2.24, 2.45) is 0 Å². The molecule has 0 unspecified atom stereocenters. The number of fused-ring (bicyclic) bond motifs is 4. The van der Waals surface area contributed by atoms with E-state index in [9.17, 15) is 9.90 Å². The van der Waals surface area contributed by atoms with Crippen molar-refractivity contribution in [3.05, 3.63) is 58.8 Å². The Balaban J connectivity index is 2.31. The molecule has 0 aliphatic carbocycles. The Labute approximate surface area is 113 Å². The van der Waals surface area contributed by atoms with Crippen molar-refractivity contribution in [1.82, 2.24) is 9.97 Å². The summed E-state index contributed by atoms with van der Waals surface area (Å²) in [4.78, 5) is 19.4. The highest BCUT2D eigenvalue weighted by atomic mass is 16.3. The third-order valence-electron chi connectivity index (χ3n) is 3.46. The van der Waals surface area contributed by atoms with Gasteiger partial charge >= 0.3 is 0 Å². The Morgan fingerprint density at radius 1 is 0.950 bits per heavy atom. The van der Waals surface area contributed by atoms with Crippen molar-refractivity contribution >= 4 is 32.8 Å². The smallest absolute Gasteiger partial charge is 0.179 e. The molecule has 0 spiro atoms. The van der Waals surface area contributed by atoms with Gasteiger partial charge in [-0.15, -0.1) is 0 Å². The number of rotatable bonds is 0. The second-order valence-corrected chi connectivity index (χ2v) is 4.75. The molecule has 0 saturated heterocycles. The fourth-order valence-corrected chi connectivity index (χ4v) is 2.53. The predicted octanol–water partition coefficient (Wildman–Crippen LogP) is 2.94. The van der Waals surface area contributed by atoms with Gasteiger partial charge in [-0.3, -0.25) is 4.79 Å². The van der Waals surface area contributed by atoms with Crippen LogP contribution in [0.3, 0.4) is 0 Å². The Hall–Kier alpha value is -2.88. The molecule has 20 heavy (non-hydrogen) atoms. The van der Waals surface area contributed by atoms with Gasteiger partial charge in [-0.05, 0) is 30.3 Å². The molecule has 4 nitrogen and oxygen atoms in total. The largest absolute Gasteiger partial charge is 0.507 e. The lowest BCUT2D eigenvalue weighted by Gasteiger charge is -2.07. The van der Waals surface area contributed by atoms with Gasteiger partial charge in [-0.2, -0.15) is 0 Å². The van der Waals surface area contributed by atoms with Gasteiger partial charge in [0.15, 0.2) is 5.43 Å². The van der Waals surface area contributed by atoms with Gasteiger partial charge in [-0.25, -0.2) is 4.98 Å². The Morgan fingerprint density at radius 3 is 2.70 bits per heavy atom. The summed E-state index contributed by atoms with van der Waals surface area (Å²) in [5.41, 5.74) is 3.01. The number of aromatic amines is 1. The average Bonchev–Trinajstić information content (AvgIpc) is 2.45. The molecule has 0 radical (unpaired) electrons. The summed E-state index contributed by atoms with van der Waals surface area (Å²) in [5.74, 6) is 0.140. The summed E-state index contributed by atoms with van der Waals surface area (Å²) in [6, 6.07) is 13.9. The summed E-state index contributed by atoms with van der Waals surface area (Å²) in [5, 5.41) is 11.4. The van der Waals surface area contributed by atoms with Gasteiger partial charge in [0.1, 0.15) is 5.75 Å². The number of para-hydroxylation sites is 2. The first kappa shape index (κ1) is 11.0. The Bertz CT molecular complexity index is 1030. The number of phenols is 1.